The Bertz CT molecular complexity index is 2550. The molecular formula is C36H30N8O6. The van der Waals surface area contributed by atoms with Gasteiger partial charge in [-0.3, -0.25) is 0 Å². The van der Waals surface area contributed by atoms with Crippen molar-refractivity contribution in [3.63, 3.8) is 0 Å². The molecule has 250 valence electrons. The third-order valence-corrected chi connectivity index (χ3v) is 7.43. The Kier molecular flexibility index (Phi) is 9.25. The summed E-state index contributed by atoms with van der Waals surface area (Å²) in [5.74, 6) is -0.437. The number of hydrogen-bond acceptors (Lipinski definition) is 9. The Morgan fingerprint density at radius 2 is 0.980 bits per heavy atom. The monoisotopic (exact) mass is 670 g/mol. The van der Waals surface area contributed by atoms with Gasteiger partial charge in [-0.25, -0.2) is 24.7 Å². The fraction of sp³-hybridized carbons (Fsp3) is 0.0278. The van der Waals surface area contributed by atoms with Crippen LogP contribution in [0.5, 0.6) is 0 Å². The van der Waals surface area contributed by atoms with Crippen LogP contribution < -0.4 is 0 Å². The van der Waals surface area contributed by atoms with Gasteiger partial charge in [0.25, 0.3) is 5.82 Å². The number of benzene rings is 5. The average molecular weight is 671 g/mol. The molecule has 4 aromatic heterocycles. The second-order valence-electron chi connectivity index (χ2n) is 10.7. The van der Waals surface area contributed by atoms with Gasteiger partial charge in [-0.05, 0) is 55.5 Å². The van der Waals surface area contributed by atoms with E-state index in [1.54, 1.807) is 31.2 Å². The first-order valence-corrected chi connectivity index (χ1v) is 15.1. The molecule has 4 heterocycles. The summed E-state index contributed by atoms with van der Waals surface area (Å²) >= 11 is 0. The van der Waals surface area contributed by atoms with Crippen molar-refractivity contribution in [2.75, 3.05) is 0 Å². The molecule has 0 aliphatic carbocycles. The lowest BCUT2D eigenvalue weighted by Crippen LogP contribution is -2.06. The number of carbonyl (C=O) groups is 1. The highest BCUT2D eigenvalue weighted by Crippen LogP contribution is 2.22. The molecule has 0 saturated carbocycles. The van der Waals surface area contributed by atoms with Crippen LogP contribution in [0.2, 0.25) is 0 Å². The highest BCUT2D eigenvalue weighted by molar-refractivity contribution is 5.89. The van der Waals surface area contributed by atoms with Gasteiger partial charge in [-0.1, -0.05) is 78.9 Å². The van der Waals surface area contributed by atoms with E-state index in [0.29, 0.717) is 27.4 Å². The number of para-hydroxylation sites is 8. The van der Waals surface area contributed by atoms with E-state index in [9.17, 15) is 20.4 Å². The van der Waals surface area contributed by atoms with Crippen LogP contribution in [0.3, 0.4) is 0 Å². The van der Waals surface area contributed by atoms with Crippen molar-refractivity contribution in [2.24, 2.45) is 0 Å². The maximum absolute atomic E-state index is 10.5. The van der Waals surface area contributed by atoms with Crippen LogP contribution in [0.4, 0.5) is 0 Å². The lowest BCUT2D eigenvalue weighted by Gasteiger charge is -1.99. The molecule has 0 amide bonds. The average Bonchev–Trinajstić information content (AvgIpc) is 3.88. The molecular weight excluding hydrogens is 640 g/mol. The first kappa shape index (κ1) is 32.6. The summed E-state index contributed by atoms with van der Waals surface area (Å²) in [6.45, 7) is 1.76. The number of aromatic nitrogens is 8. The quantitative estimate of drug-likeness (QED) is 0.123. The highest BCUT2D eigenvalue weighted by Gasteiger charge is 2.15. The van der Waals surface area contributed by atoms with Gasteiger partial charge in [-0.2, -0.15) is 18.9 Å². The molecule has 14 heteroatoms. The van der Waals surface area contributed by atoms with E-state index in [0.717, 1.165) is 52.9 Å². The largest absolute Gasteiger partial charge is 0.475 e. The number of rotatable bonds is 2. The maximum atomic E-state index is 10.5. The smallest absolute Gasteiger partial charge is 0.375 e. The number of aryl methyl sites for hydroxylation is 1. The fourth-order valence-electron chi connectivity index (χ4n) is 5.02. The Balaban J connectivity index is 0.000000117. The number of nitrogens with zero attached hydrogens (tertiary/aromatic N) is 8. The summed E-state index contributed by atoms with van der Waals surface area (Å²) in [6.07, 6.45) is 1.38. The summed E-state index contributed by atoms with van der Waals surface area (Å²) in [4.78, 5) is 26.7. The topological polar surface area (TPSA) is 190 Å². The summed E-state index contributed by atoms with van der Waals surface area (Å²) in [5.41, 5.74) is 6.40. The Labute approximate surface area is 283 Å². The van der Waals surface area contributed by atoms with Crippen LogP contribution in [0.1, 0.15) is 16.4 Å². The number of hydrogen-bond donors (Lipinski definition) is 5. The van der Waals surface area contributed by atoms with Crippen molar-refractivity contribution in [1.82, 2.24) is 38.9 Å². The van der Waals surface area contributed by atoms with E-state index in [2.05, 4.69) is 19.9 Å². The molecule has 5 aromatic carbocycles. The van der Waals surface area contributed by atoms with Crippen LogP contribution in [0.15, 0.2) is 134 Å². The van der Waals surface area contributed by atoms with Gasteiger partial charge < -0.3 is 25.9 Å². The lowest BCUT2D eigenvalue weighted by molar-refractivity contribution is 0.0639. The van der Waals surface area contributed by atoms with E-state index < -0.39 is 5.97 Å². The second kappa shape index (κ2) is 14.2. The Morgan fingerprint density at radius 1 is 0.520 bits per heavy atom. The SMILES string of the molecule is Cc1nc2ccccc2n1O.O=C(O)c1nc2ccccc2n1O.On1c(-c2ccccc2)nc2ccccc21.On1cnc2ccccc21. The van der Waals surface area contributed by atoms with Gasteiger partial charge in [0.15, 0.2) is 5.82 Å². The molecule has 0 aliphatic rings. The minimum atomic E-state index is -1.25. The van der Waals surface area contributed by atoms with Crippen LogP contribution >= 0.6 is 0 Å². The van der Waals surface area contributed by atoms with E-state index in [1.807, 2.05) is 103 Å². The maximum Gasteiger partial charge on any atom is 0.375 e. The number of aromatic carboxylic acids is 1. The third kappa shape index (κ3) is 6.70. The molecule has 14 nitrogen and oxygen atoms in total. The molecule has 0 fully saturated rings. The third-order valence-electron chi connectivity index (χ3n) is 7.43. The minimum Gasteiger partial charge on any atom is -0.475 e. The molecule has 0 saturated heterocycles. The van der Waals surface area contributed by atoms with Gasteiger partial charge in [0.05, 0.1) is 22.1 Å². The normalized spacial score (nSPS) is 10.6. The van der Waals surface area contributed by atoms with E-state index in [4.69, 9.17) is 10.3 Å². The number of carboxylic acid groups (broad SMARTS) is 1. The fourth-order valence-corrected chi connectivity index (χ4v) is 5.02. The zero-order chi connectivity index (χ0) is 35.2. The number of fused-ring (bicyclic) bond motifs is 4. The van der Waals surface area contributed by atoms with Gasteiger partial charge in [-0.15, -0.1) is 0 Å². The summed E-state index contributed by atoms with van der Waals surface area (Å²) in [5, 5.41) is 46.4. The first-order chi connectivity index (χ1) is 24.2. The molecule has 9 aromatic rings. The zero-order valence-corrected chi connectivity index (χ0v) is 26.4. The van der Waals surface area contributed by atoms with Crippen molar-refractivity contribution in [3.8, 4) is 11.4 Å². The van der Waals surface area contributed by atoms with Crippen molar-refractivity contribution < 1.29 is 30.7 Å². The highest BCUT2D eigenvalue weighted by atomic mass is 16.5. The molecule has 0 unspecified atom stereocenters. The van der Waals surface area contributed by atoms with Crippen molar-refractivity contribution in [3.05, 3.63) is 145 Å². The number of carboxylic acids is 1. The summed E-state index contributed by atoms with van der Waals surface area (Å²) < 4.78 is 3.80. The van der Waals surface area contributed by atoms with Crippen LogP contribution in [-0.2, 0) is 0 Å². The minimum absolute atomic E-state index is 0.374. The van der Waals surface area contributed by atoms with Crippen LogP contribution in [0, 0.1) is 6.92 Å². The Hall–Kier alpha value is -7.35. The lowest BCUT2D eigenvalue weighted by atomic mass is 10.2. The molecule has 0 radical (unpaired) electrons. The summed E-state index contributed by atoms with van der Waals surface area (Å²) in [7, 11) is 0. The van der Waals surface area contributed by atoms with Crippen molar-refractivity contribution in [2.45, 2.75) is 6.92 Å². The molecule has 0 bridgehead atoms. The van der Waals surface area contributed by atoms with E-state index in [1.165, 1.54) is 6.33 Å². The molecule has 0 aliphatic heterocycles. The molecule has 50 heavy (non-hydrogen) atoms. The van der Waals surface area contributed by atoms with Crippen molar-refractivity contribution in [1.29, 1.82) is 0 Å². The van der Waals surface area contributed by atoms with Gasteiger partial charge >= 0.3 is 5.97 Å². The van der Waals surface area contributed by atoms with Crippen LogP contribution in [-0.4, -0.2) is 70.8 Å². The molecule has 0 spiro atoms. The van der Waals surface area contributed by atoms with E-state index in [-0.39, 0.29) is 5.82 Å². The van der Waals surface area contributed by atoms with Crippen LogP contribution in [0.25, 0.3) is 55.5 Å². The zero-order valence-electron chi connectivity index (χ0n) is 26.4. The van der Waals surface area contributed by atoms with E-state index >= 15 is 0 Å². The number of imidazole rings is 4. The Morgan fingerprint density at radius 3 is 1.50 bits per heavy atom. The molecule has 5 N–H and O–H groups in total. The predicted molar refractivity (Wildman–Crippen MR) is 185 cm³/mol. The van der Waals surface area contributed by atoms with Gasteiger partial charge in [0, 0.05) is 5.56 Å². The molecule has 0 atom stereocenters. The first-order valence-electron chi connectivity index (χ1n) is 15.1. The van der Waals surface area contributed by atoms with Crippen molar-refractivity contribution >= 4 is 50.1 Å². The van der Waals surface area contributed by atoms with Gasteiger partial charge in [0.1, 0.15) is 34.2 Å². The molecule has 9 rings (SSSR count). The second-order valence-corrected chi connectivity index (χ2v) is 10.7. The van der Waals surface area contributed by atoms with Gasteiger partial charge in [0.2, 0.25) is 0 Å². The standard InChI is InChI=1S/C13H10N2O.C8H6N2O3.C8H8N2O.C7H6N2O/c16-15-12-9-5-4-8-11(12)14-13(15)10-6-2-1-3-7-10;11-8(12)7-9-5-3-1-2-4-6(5)10(7)13;1-6-9-7-4-2-3-5-8(7)10(6)11;10-9-5-8-6-3-1-2-4-7(6)9/h1-9,16H;1-4,13H,(H,11,12);2-5,11H,1H3;1-5,10H. The summed E-state index contributed by atoms with van der Waals surface area (Å²) in [6, 6.07) is 38.7. The predicted octanol–water partition coefficient (Wildman–Crippen LogP) is 6.77.